The second-order valence-corrected chi connectivity index (χ2v) is 16.5. The van der Waals surface area contributed by atoms with Gasteiger partial charge >= 0.3 is 0 Å². The molecule has 9 aromatic rings. The van der Waals surface area contributed by atoms with Gasteiger partial charge in [-0.25, -0.2) is 0 Å². The smallest absolute Gasteiger partial charge is 0.143 e. The molecular formula is C54H41NO. The number of benzene rings is 8. The number of hydrogen-bond donors (Lipinski definition) is 0. The summed E-state index contributed by atoms with van der Waals surface area (Å²) in [5.41, 5.74) is 20.4. The minimum Gasteiger partial charge on any atom is -0.455 e. The van der Waals surface area contributed by atoms with Crippen LogP contribution in [0.25, 0.3) is 66.4 Å². The van der Waals surface area contributed by atoms with Gasteiger partial charge in [-0.1, -0.05) is 167 Å². The largest absolute Gasteiger partial charge is 0.455 e. The molecule has 2 aliphatic carbocycles. The number of rotatable bonds is 5. The number of hydrogen-bond acceptors (Lipinski definition) is 2. The Morgan fingerprint density at radius 3 is 1.77 bits per heavy atom. The van der Waals surface area contributed by atoms with Crippen molar-refractivity contribution in [2.45, 2.75) is 38.5 Å². The summed E-state index contributed by atoms with van der Waals surface area (Å²) in [7, 11) is 0. The van der Waals surface area contributed by atoms with E-state index >= 15 is 0 Å². The van der Waals surface area contributed by atoms with Crippen molar-refractivity contribution >= 4 is 39.0 Å². The van der Waals surface area contributed by atoms with Crippen LogP contribution in [0.4, 0.5) is 17.1 Å². The maximum atomic E-state index is 6.65. The van der Waals surface area contributed by atoms with Crippen LogP contribution in [0, 0.1) is 0 Å². The molecule has 0 amide bonds. The molecule has 1 aromatic heterocycles. The highest BCUT2D eigenvalue weighted by Crippen LogP contribution is 2.55. The monoisotopic (exact) mass is 719 g/mol. The van der Waals surface area contributed by atoms with Crippen molar-refractivity contribution in [1.29, 1.82) is 0 Å². The molecule has 0 aliphatic heterocycles. The van der Waals surface area contributed by atoms with Gasteiger partial charge in [-0.05, 0) is 86.5 Å². The predicted octanol–water partition coefficient (Wildman–Crippen LogP) is 15.0. The summed E-state index contributed by atoms with van der Waals surface area (Å²) in [5, 5.41) is 2.26. The van der Waals surface area contributed by atoms with Crippen molar-refractivity contribution in [1.82, 2.24) is 0 Å². The lowest BCUT2D eigenvalue weighted by Gasteiger charge is -2.30. The van der Waals surface area contributed by atoms with Crippen LogP contribution < -0.4 is 4.90 Å². The van der Waals surface area contributed by atoms with Gasteiger partial charge in [0.05, 0.1) is 11.4 Å². The molecule has 0 fully saturated rings. The van der Waals surface area contributed by atoms with Crippen molar-refractivity contribution in [2.24, 2.45) is 0 Å². The van der Waals surface area contributed by atoms with E-state index in [0.717, 1.165) is 50.1 Å². The summed E-state index contributed by atoms with van der Waals surface area (Å²) in [6.07, 6.45) is 0. The third-order valence-corrected chi connectivity index (χ3v) is 12.7. The lowest BCUT2D eigenvalue weighted by molar-refractivity contribution is 0.660. The third kappa shape index (κ3) is 4.62. The Bertz CT molecular complexity index is 3030. The van der Waals surface area contributed by atoms with Gasteiger partial charge in [0.1, 0.15) is 11.2 Å². The Hall–Kier alpha value is -6.64. The van der Waals surface area contributed by atoms with Gasteiger partial charge in [-0.15, -0.1) is 0 Å². The van der Waals surface area contributed by atoms with E-state index in [4.69, 9.17) is 4.42 Å². The van der Waals surface area contributed by atoms with Gasteiger partial charge < -0.3 is 9.32 Å². The quantitative estimate of drug-likeness (QED) is 0.176. The van der Waals surface area contributed by atoms with Crippen LogP contribution in [0.5, 0.6) is 0 Å². The zero-order valence-corrected chi connectivity index (χ0v) is 32.1. The van der Waals surface area contributed by atoms with E-state index in [1.807, 2.05) is 6.07 Å². The SMILES string of the molecule is CC1(C)c2ccccc2-c2ccc(-c3ccc(N(c4ccccc4-c4cccc5c4oc4ccccc45)c4cccc5c4-c4ccccc4C5(C)C)cc3)cc21. The molecule has 2 nitrogen and oxygen atoms in total. The second kappa shape index (κ2) is 11.9. The lowest BCUT2D eigenvalue weighted by Crippen LogP contribution is -2.16. The molecule has 0 atom stereocenters. The summed E-state index contributed by atoms with van der Waals surface area (Å²) in [6, 6.07) is 64.5. The zero-order chi connectivity index (χ0) is 37.8. The molecule has 8 aromatic carbocycles. The molecular weight excluding hydrogens is 679 g/mol. The third-order valence-electron chi connectivity index (χ3n) is 12.7. The van der Waals surface area contributed by atoms with Crippen LogP contribution in [-0.4, -0.2) is 0 Å². The van der Waals surface area contributed by atoms with Crippen molar-refractivity contribution in [2.75, 3.05) is 4.90 Å². The molecule has 0 saturated carbocycles. The summed E-state index contributed by atoms with van der Waals surface area (Å²) in [6.45, 7) is 9.41. The van der Waals surface area contributed by atoms with Crippen molar-refractivity contribution < 1.29 is 4.42 Å². The van der Waals surface area contributed by atoms with E-state index in [0.29, 0.717) is 0 Å². The van der Waals surface area contributed by atoms with Crippen molar-refractivity contribution in [3.8, 4) is 44.5 Å². The van der Waals surface area contributed by atoms with Crippen LogP contribution in [0.1, 0.15) is 49.9 Å². The Kier molecular flexibility index (Phi) is 6.98. The second-order valence-electron chi connectivity index (χ2n) is 16.5. The van der Waals surface area contributed by atoms with Gasteiger partial charge in [-0.2, -0.15) is 0 Å². The fourth-order valence-electron chi connectivity index (χ4n) is 9.87. The first-order valence-corrected chi connectivity index (χ1v) is 19.7. The van der Waals surface area contributed by atoms with Crippen LogP contribution in [0.2, 0.25) is 0 Å². The van der Waals surface area contributed by atoms with Crippen LogP contribution in [0.3, 0.4) is 0 Å². The average Bonchev–Trinajstić information content (AvgIpc) is 3.82. The summed E-state index contributed by atoms with van der Waals surface area (Å²) >= 11 is 0. The molecule has 2 heteroatoms. The van der Waals surface area contributed by atoms with E-state index in [1.54, 1.807) is 0 Å². The Morgan fingerprint density at radius 2 is 0.946 bits per heavy atom. The number of nitrogens with zero attached hydrogens (tertiary/aromatic N) is 1. The van der Waals surface area contributed by atoms with E-state index in [9.17, 15) is 0 Å². The highest BCUT2D eigenvalue weighted by Gasteiger charge is 2.38. The van der Waals surface area contributed by atoms with Crippen LogP contribution >= 0.6 is 0 Å². The molecule has 0 radical (unpaired) electrons. The molecule has 0 bridgehead atoms. The number of furan rings is 1. The van der Waals surface area contributed by atoms with E-state index in [1.165, 1.54) is 55.6 Å². The Balaban J connectivity index is 1.11. The molecule has 0 saturated heterocycles. The first-order valence-electron chi connectivity index (χ1n) is 19.7. The van der Waals surface area contributed by atoms with E-state index in [2.05, 4.69) is 202 Å². The number of anilines is 3. The minimum atomic E-state index is -0.127. The summed E-state index contributed by atoms with van der Waals surface area (Å²) in [4.78, 5) is 2.47. The number of fused-ring (bicyclic) bond motifs is 9. The zero-order valence-electron chi connectivity index (χ0n) is 32.1. The molecule has 2 aliphatic rings. The van der Waals surface area contributed by atoms with Crippen molar-refractivity contribution in [3.05, 3.63) is 198 Å². The topological polar surface area (TPSA) is 16.4 Å². The minimum absolute atomic E-state index is 0.0527. The fraction of sp³-hybridized carbons (Fsp3) is 0.111. The maximum Gasteiger partial charge on any atom is 0.143 e. The van der Waals surface area contributed by atoms with Gasteiger partial charge in [-0.3, -0.25) is 0 Å². The Morgan fingerprint density at radius 1 is 0.393 bits per heavy atom. The standard InChI is InChI=1S/C54H41NO/c1-53(2)45-22-10-6-18-43(45)51-46(53)23-14-25-49(51)55(48-24-11-7-16-39(48)41-19-13-20-42-40-17-8-12-26-50(40)56-52(41)42)36-30-27-34(28-31-36)35-29-32-38-37-15-5-9-21-44(37)54(3,4)47(38)33-35/h5-33H,1-4H3. The molecule has 268 valence electrons. The van der Waals surface area contributed by atoms with Crippen LogP contribution in [0.15, 0.2) is 180 Å². The highest BCUT2D eigenvalue weighted by atomic mass is 16.3. The Labute approximate surface area is 328 Å². The average molecular weight is 720 g/mol. The van der Waals surface area contributed by atoms with Crippen LogP contribution in [-0.2, 0) is 10.8 Å². The first-order chi connectivity index (χ1) is 27.3. The molecule has 11 rings (SSSR count). The molecule has 1 heterocycles. The molecule has 0 unspecified atom stereocenters. The van der Waals surface area contributed by atoms with Gasteiger partial charge in [0.25, 0.3) is 0 Å². The van der Waals surface area contributed by atoms with Crippen molar-refractivity contribution in [3.63, 3.8) is 0 Å². The first kappa shape index (κ1) is 32.8. The molecule has 56 heavy (non-hydrogen) atoms. The normalized spacial score (nSPS) is 14.4. The summed E-state index contributed by atoms with van der Waals surface area (Å²) < 4.78 is 6.65. The maximum absolute atomic E-state index is 6.65. The van der Waals surface area contributed by atoms with E-state index < -0.39 is 0 Å². The van der Waals surface area contributed by atoms with Gasteiger partial charge in [0, 0.05) is 44.0 Å². The molecule has 0 spiro atoms. The number of para-hydroxylation sites is 3. The highest BCUT2D eigenvalue weighted by molar-refractivity contribution is 6.11. The van der Waals surface area contributed by atoms with Gasteiger partial charge in [0.2, 0.25) is 0 Å². The molecule has 0 N–H and O–H groups in total. The van der Waals surface area contributed by atoms with Gasteiger partial charge in [0.15, 0.2) is 0 Å². The van der Waals surface area contributed by atoms with E-state index in [-0.39, 0.29) is 10.8 Å². The fourth-order valence-corrected chi connectivity index (χ4v) is 9.87. The predicted molar refractivity (Wildman–Crippen MR) is 234 cm³/mol. The summed E-state index contributed by atoms with van der Waals surface area (Å²) in [5.74, 6) is 0. The lowest BCUT2D eigenvalue weighted by atomic mass is 9.81.